The van der Waals surface area contributed by atoms with Crippen molar-refractivity contribution in [3.8, 4) is 0 Å². The highest BCUT2D eigenvalue weighted by Crippen LogP contribution is 2.25. The Labute approximate surface area is 123 Å². The summed E-state index contributed by atoms with van der Waals surface area (Å²) < 4.78 is 0. The van der Waals surface area contributed by atoms with E-state index in [1.54, 1.807) is 0 Å². The number of aryl methyl sites for hydroxylation is 1. The Kier molecular flexibility index (Phi) is 4.81. The van der Waals surface area contributed by atoms with Crippen LogP contribution in [0.5, 0.6) is 0 Å². The predicted molar refractivity (Wildman–Crippen MR) is 80.9 cm³/mol. The molecule has 4 heteroatoms. The first kappa shape index (κ1) is 14.3. The third-order valence-electron chi connectivity index (χ3n) is 3.07. The molecule has 2 rings (SSSR count). The van der Waals surface area contributed by atoms with Crippen LogP contribution in [-0.4, -0.2) is 12.0 Å². The van der Waals surface area contributed by atoms with E-state index in [1.165, 1.54) is 5.56 Å². The number of hydrogen-bond donors (Lipinski definition) is 1. The lowest BCUT2D eigenvalue weighted by molar-refractivity contribution is 0.589. The Balaban J connectivity index is 2.21. The summed E-state index contributed by atoms with van der Waals surface area (Å²) in [7, 11) is 1.95. The van der Waals surface area contributed by atoms with Gasteiger partial charge in [-0.25, -0.2) is 0 Å². The smallest absolute Gasteiger partial charge is 0.0595 e. The van der Waals surface area contributed by atoms with Gasteiger partial charge in [0, 0.05) is 18.4 Å². The number of benzene rings is 1. The Bertz CT molecular complexity index is 570. The van der Waals surface area contributed by atoms with Crippen molar-refractivity contribution in [2.45, 2.75) is 19.4 Å². The number of nitrogens with zero attached hydrogens (tertiary/aromatic N) is 1. The van der Waals surface area contributed by atoms with E-state index >= 15 is 0 Å². The number of aromatic nitrogens is 1. The van der Waals surface area contributed by atoms with Crippen LogP contribution in [0.25, 0.3) is 0 Å². The van der Waals surface area contributed by atoms with E-state index in [0.29, 0.717) is 10.0 Å². The van der Waals surface area contributed by atoms with E-state index in [9.17, 15) is 0 Å². The van der Waals surface area contributed by atoms with Gasteiger partial charge in [-0.2, -0.15) is 0 Å². The lowest BCUT2D eigenvalue weighted by Gasteiger charge is -2.17. The maximum atomic E-state index is 6.05. The fourth-order valence-electron chi connectivity index (χ4n) is 2.06. The van der Waals surface area contributed by atoms with Crippen molar-refractivity contribution >= 4 is 23.2 Å². The van der Waals surface area contributed by atoms with Crippen molar-refractivity contribution in [1.82, 2.24) is 10.3 Å². The predicted octanol–water partition coefficient (Wildman–Crippen LogP) is 4.20. The molecule has 1 aromatic carbocycles. The molecule has 0 bridgehead atoms. The molecule has 0 saturated carbocycles. The van der Waals surface area contributed by atoms with Crippen LogP contribution in [-0.2, 0) is 6.42 Å². The molecular formula is C15H16Cl2N2. The second-order valence-electron chi connectivity index (χ2n) is 4.59. The average Bonchev–Trinajstić information content (AvgIpc) is 2.40. The van der Waals surface area contributed by atoms with Crippen LogP contribution >= 0.6 is 23.2 Å². The molecule has 0 amide bonds. The molecule has 19 heavy (non-hydrogen) atoms. The zero-order valence-electron chi connectivity index (χ0n) is 11.0. The summed E-state index contributed by atoms with van der Waals surface area (Å²) in [5.74, 6) is 0. The van der Waals surface area contributed by atoms with Crippen molar-refractivity contribution in [1.29, 1.82) is 0 Å². The number of rotatable bonds is 4. The second-order valence-corrected chi connectivity index (χ2v) is 5.40. The molecule has 1 N–H and O–H groups in total. The maximum Gasteiger partial charge on any atom is 0.0595 e. The van der Waals surface area contributed by atoms with Crippen molar-refractivity contribution < 1.29 is 0 Å². The normalized spacial score (nSPS) is 12.4. The summed E-state index contributed by atoms with van der Waals surface area (Å²) in [4.78, 5) is 4.24. The van der Waals surface area contributed by atoms with E-state index in [-0.39, 0.29) is 6.04 Å². The largest absolute Gasteiger partial charge is 0.313 e. The molecule has 0 aliphatic carbocycles. The SMILES string of the molecule is CNC(Cc1ccc(Cl)c(Cl)c1)c1cncc(C)c1. The molecule has 100 valence electrons. The van der Waals surface area contributed by atoms with Gasteiger partial charge in [-0.1, -0.05) is 35.3 Å². The molecule has 0 aliphatic rings. The van der Waals surface area contributed by atoms with E-state index < -0.39 is 0 Å². The van der Waals surface area contributed by atoms with Gasteiger partial charge < -0.3 is 5.32 Å². The van der Waals surface area contributed by atoms with Gasteiger partial charge in [0.1, 0.15) is 0 Å². The summed E-state index contributed by atoms with van der Waals surface area (Å²) in [6, 6.07) is 8.11. The van der Waals surface area contributed by atoms with Crippen LogP contribution in [0.15, 0.2) is 36.7 Å². The van der Waals surface area contributed by atoms with Gasteiger partial charge in [0.05, 0.1) is 10.0 Å². The van der Waals surface area contributed by atoms with Gasteiger partial charge in [0.25, 0.3) is 0 Å². The maximum absolute atomic E-state index is 6.05. The van der Waals surface area contributed by atoms with E-state index in [0.717, 1.165) is 17.5 Å². The molecule has 2 aromatic rings. The number of nitrogens with one attached hydrogen (secondary N) is 1. The Morgan fingerprint density at radius 3 is 2.58 bits per heavy atom. The summed E-state index contributed by atoms with van der Waals surface area (Å²) in [5, 5.41) is 4.49. The summed E-state index contributed by atoms with van der Waals surface area (Å²) in [6.45, 7) is 2.04. The van der Waals surface area contributed by atoms with Gasteiger partial charge in [0.2, 0.25) is 0 Å². The minimum atomic E-state index is 0.213. The van der Waals surface area contributed by atoms with Gasteiger partial charge in [0.15, 0.2) is 0 Å². The number of likely N-dealkylation sites (N-methyl/N-ethyl adjacent to an activating group) is 1. The highest BCUT2D eigenvalue weighted by Gasteiger charge is 2.11. The topological polar surface area (TPSA) is 24.9 Å². The molecule has 1 unspecified atom stereocenters. The van der Waals surface area contributed by atoms with Crippen molar-refractivity contribution in [2.24, 2.45) is 0 Å². The first-order valence-electron chi connectivity index (χ1n) is 6.13. The van der Waals surface area contributed by atoms with Crippen LogP contribution in [0.2, 0.25) is 10.0 Å². The molecule has 1 atom stereocenters. The van der Waals surface area contributed by atoms with Crippen LogP contribution in [0, 0.1) is 6.92 Å². The van der Waals surface area contributed by atoms with Crippen molar-refractivity contribution in [2.75, 3.05) is 7.05 Å². The standard InChI is InChI=1S/C15H16Cl2N2/c1-10-5-12(9-19-8-10)15(18-2)7-11-3-4-13(16)14(17)6-11/h3-6,8-9,15,18H,7H2,1-2H3. The molecule has 0 radical (unpaired) electrons. The Morgan fingerprint density at radius 2 is 1.95 bits per heavy atom. The molecule has 0 fully saturated rings. The second kappa shape index (κ2) is 6.38. The van der Waals surface area contributed by atoms with Gasteiger partial charge in [-0.3, -0.25) is 4.98 Å². The molecule has 0 spiro atoms. The van der Waals surface area contributed by atoms with Gasteiger partial charge >= 0.3 is 0 Å². The zero-order chi connectivity index (χ0) is 13.8. The summed E-state index contributed by atoms with van der Waals surface area (Å²) >= 11 is 12.0. The minimum Gasteiger partial charge on any atom is -0.313 e. The van der Waals surface area contributed by atoms with Crippen LogP contribution in [0.4, 0.5) is 0 Å². The zero-order valence-corrected chi connectivity index (χ0v) is 12.5. The van der Waals surface area contributed by atoms with E-state index in [2.05, 4.69) is 16.4 Å². The minimum absolute atomic E-state index is 0.213. The average molecular weight is 295 g/mol. The molecule has 1 aromatic heterocycles. The lowest BCUT2D eigenvalue weighted by atomic mass is 9.99. The Hall–Kier alpha value is -1.09. The van der Waals surface area contributed by atoms with Gasteiger partial charge in [-0.15, -0.1) is 0 Å². The Morgan fingerprint density at radius 1 is 1.16 bits per heavy atom. The van der Waals surface area contributed by atoms with Gasteiger partial charge in [-0.05, 0) is 49.2 Å². The molecular weight excluding hydrogens is 279 g/mol. The fourth-order valence-corrected chi connectivity index (χ4v) is 2.38. The first-order valence-corrected chi connectivity index (χ1v) is 6.88. The highest BCUT2D eigenvalue weighted by molar-refractivity contribution is 6.42. The first-order chi connectivity index (χ1) is 9.10. The number of pyridine rings is 1. The summed E-state index contributed by atoms with van der Waals surface area (Å²) in [5.41, 5.74) is 3.48. The summed E-state index contributed by atoms with van der Waals surface area (Å²) in [6.07, 6.45) is 4.60. The fraction of sp³-hybridized carbons (Fsp3) is 0.267. The monoisotopic (exact) mass is 294 g/mol. The van der Waals surface area contributed by atoms with Crippen LogP contribution < -0.4 is 5.32 Å². The number of halogens is 2. The van der Waals surface area contributed by atoms with E-state index in [1.807, 2.05) is 44.6 Å². The lowest BCUT2D eigenvalue weighted by Crippen LogP contribution is -2.19. The van der Waals surface area contributed by atoms with Crippen molar-refractivity contribution in [3.05, 3.63) is 63.4 Å². The number of hydrogen-bond acceptors (Lipinski definition) is 2. The molecule has 0 aliphatic heterocycles. The van der Waals surface area contributed by atoms with Crippen LogP contribution in [0.3, 0.4) is 0 Å². The molecule has 2 nitrogen and oxygen atoms in total. The third-order valence-corrected chi connectivity index (χ3v) is 3.81. The highest BCUT2D eigenvalue weighted by atomic mass is 35.5. The molecule has 1 heterocycles. The third kappa shape index (κ3) is 3.69. The molecule has 0 saturated heterocycles. The quantitative estimate of drug-likeness (QED) is 0.914. The van der Waals surface area contributed by atoms with E-state index in [4.69, 9.17) is 23.2 Å². The van der Waals surface area contributed by atoms with Crippen LogP contribution in [0.1, 0.15) is 22.7 Å². The van der Waals surface area contributed by atoms with Crippen molar-refractivity contribution in [3.63, 3.8) is 0 Å².